The minimum absolute atomic E-state index is 0.0104. The number of ether oxygens (including phenoxy) is 2. The molecule has 0 bridgehead atoms. The second-order valence-electron chi connectivity index (χ2n) is 6.75. The van der Waals surface area contributed by atoms with Gasteiger partial charge in [0, 0.05) is 29.8 Å². The largest absolute Gasteiger partial charge is 0.493 e. The van der Waals surface area contributed by atoms with Gasteiger partial charge in [-0.3, -0.25) is 25.0 Å². The molecule has 0 saturated heterocycles. The fourth-order valence-electron chi connectivity index (χ4n) is 2.81. The van der Waals surface area contributed by atoms with Gasteiger partial charge in [-0.1, -0.05) is 6.07 Å². The number of nitro groups is 2. The number of nitrogens with one attached hydrogen (secondary N) is 1. The monoisotopic (exact) mass is 528 g/mol. The number of hydrogen-bond acceptors (Lipinski definition) is 8. The van der Waals surface area contributed by atoms with Crippen LogP contribution >= 0.6 is 15.9 Å². The van der Waals surface area contributed by atoms with Gasteiger partial charge < -0.3 is 9.47 Å². The zero-order valence-corrected chi connectivity index (χ0v) is 19.2. The molecule has 1 N–H and O–H groups in total. The molecule has 34 heavy (non-hydrogen) atoms. The molecule has 0 radical (unpaired) electrons. The lowest BCUT2D eigenvalue weighted by Gasteiger charge is -2.13. The van der Waals surface area contributed by atoms with E-state index in [1.807, 2.05) is 0 Å². The Kier molecular flexibility index (Phi) is 7.88. The first-order valence-electron chi connectivity index (χ1n) is 9.60. The number of nitrogens with zero attached hydrogens (tertiary/aromatic N) is 3. The predicted octanol–water partition coefficient (Wildman–Crippen LogP) is 4.62. The van der Waals surface area contributed by atoms with Crippen molar-refractivity contribution in [2.75, 3.05) is 7.11 Å². The minimum atomic E-state index is -0.603. The number of carbonyl (C=O) groups excluding carboxylic acids is 1. The molecule has 0 fully saturated rings. The van der Waals surface area contributed by atoms with Gasteiger partial charge in [0.15, 0.2) is 11.5 Å². The SMILES string of the molecule is COc1cc(/C=N\NC(=O)c2cccc([N+](=O)[O-])c2)cc(Br)c1OCc1ccc([N+](=O)[O-])cc1. The standard InChI is InChI=1S/C22H17BrN4O7/c1-33-20-10-15(12-24-25-22(28)16-3-2-4-18(11-16)27(31)32)9-19(23)21(20)34-13-14-5-7-17(8-6-14)26(29)30/h2-12H,13H2,1H3,(H,25,28)/b24-12-. The summed E-state index contributed by atoms with van der Waals surface area (Å²) in [7, 11) is 1.46. The van der Waals surface area contributed by atoms with Gasteiger partial charge in [0.1, 0.15) is 6.61 Å². The molecule has 3 aromatic rings. The molecule has 0 heterocycles. The summed E-state index contributed by atoms with van der Waals surface area (Å²) in [5.74, 6) is 0.204. The molecule has 174 valence electrons. The van der Waals surface area contributed by atoms with E-state index in [9.17, 15) is 25.0 Å². The Bertz CT molecular complexity index is 1260. The molecule has 3 rings (SSSR count). The maximum absolute atomic E-state index is 12.2. The van der Waals surface area contributed by atoms with Crippen LogP contribution in [0.5, 0.6) is 11.5 Å². The zero-order valence-electron chi connectivity index (χ0n) is 17.6. The van der Waals surface area contributed by atoms with Crippen molar-refractivity contribution < 1.29 is 24.1 Å². The Morgan fingerprint density at radius 3 is 2.41 bits per heavy atom. The topological polar surface area (TPSA) is 146 Å². The predicted molar refractivity (Wildman–Crippen MR) is 126 cm³/mol. The number of rotatable bonds is 9. The Morgan fingerprint density at radius 1 is 1.06 bits per heavy atom. The molecule has 11 nitrogen and oxygen atoms in total. The number of benzene rings is 3. The molecule has 0 aromatic heterocycles. The average molecular weight is 529 g/mol. The molecule has 0 unspecified atom stereocenters. The van der Waals surface area contributed by atoms with E-state index in [-0.39, 0.29) is 23.5 Å². The lowest BCUT2D eigenvalue weighted by atomic mass is 10.2. The number of amides is 1. The van der Waals surface area contributed by atoms with Crippen LogP contribution in [0.1, 0.15) is 21.5 Å². The van der Waals surface area contributed by atoms with Crippen molar-refractivity contribution in [2.24, 2.45) is 5.10 Å². The first-order chi connectivity index (χ1) is 16.3. The number of nitro benzene ring substituents is 2. The lowest BCUT2D eigenvalue weighted by Crippen LogP contribution is -2.17. The number of hydrazone groups is 1. The van der Waals surface area contributed by atoms with Crippen molar-refractivity contribution >= 4 is 39.4 Å². The highest BCUT2D eigenvalue weighted by Crippen LogP contribution is 2.37. The van der Waals surface area contributed by atoms with Gasteiger partial charge in [0.2, 0.25) is 0 Å². The summed E-state index contributed by atoms with van der Waals surface area (Å²) >= 11 is 3.41. The molecule has 0 aliphatic carbocycles. The molecular weight excluding hydrogens is 512 g/mol. The van der Waals surface area contributed by atoms with Crippen LogP contribution in [-0.2, 0) is 6.61 Å². The van der Waals surface area contributed by atoms with E-state index in [1.54, 1.807) is 24.3 Å². The van der Waals surface area contributed by atoms with E-state index in [0.29, 0.717) is 21.5 Å². The van der Waals surface area contributed by atoms with E-state index < -0.39 is 15.8 Å². The molecule has 0 aliphatic rings. The van der Waals surface area contributed by atoms with Crippen LogP contribution in [-0.4, -0.2) is 29.1 Å². The van der Waals surface area contributed by atoms with Gasteiger partial charge >= 0.3 is 0 Å². The van der Waals surface area contributed by atoms with Gasteiger partial charge in [-0.2, -0.15) is 5.10 Å². The maximum Gasteiger partial charge on any atom is 0.271 e. The van der Waals surface area contributed by atoms with Gasteiger partial charge in [-0.25, -0.2) is 5.43 Å². The molecule has 1 amide bonds. The van der Waals surface area contributed by atoms with Crippen LogP contribution in [0.2, 0.25) is 0 Å². The van der Waals surface area contributed by atoms with Crippen LogP contribution in [0, 0.1) is 20.2 Å². The average Bonchev–Trinajstić information content (AvgIpc) is 2.83. The van der Waals surface area contributed by atoms with E-state index in [2.05, 4.69) is 26.5 Å². The lowest BCUT2D eigenvalue weighted by molar-refractivity contribution is -0.385. The zero-order chi connectivity index (χ0) is 24.7. The van der Waals surface area contributed by atoms with Crippen molar-refractivity contribution in [1.29, 1.82) is 0 Å². The van der Waals surface area contributed by atoms with Gasteiger partial charge in [-0.15, -0.1) is 0 Å². The van der Waals surface area contributed by atoms with Crippen molar-refractivity contribution in [2.45, 2.75) is 6.61 Å². The fraction of sp³-hybridized carbons (Fsp3) is 0.0909. The van der Waals surface area contributed by atoms with Crippen molar-refractivity contribution in [3.63, 3.8) is 0 Å². The number of halogens is 1. The minimum Gasteiger partial charge on any atom is -0.493 e. The highest BCUT2D eigenvalue weighted by molar-refractivity contribution is 9.10. The Balaban J connectivity index is 1.68. The van der Waals surface area contributed by atoms with Crippen LogP contribution in [0.3, 0.4) is 0 Å². The third-order valence-electron chi connectivity index (χ3n) is 4.48. The molecule has 12 heteroatoms. The van der Waals surface area contributed by atoms with E-state index in [1.165, 1.54) is 43.7 Å². The normalized spacial score (nSPS) is 10.6. The van der Waals surface area contributed by atoms with E-state index >= 15 is 0 Å². The molecule has 0 spiro atoms. The molecule has 0 atom stereocenters. The fourth-order valence-corrected chi connectivity index (χ4v) is 3.39. The molecular formula is C22H17BrN4O7. The number of carbonyl (C=O) groups is 1. The van der Waals surface area contributed by atoms with Crippen LogP contribution in [0.4, 0.5) is 11.4 Å². The first-order valence-corrected chi connectivity index (χ1v) is 10.4. The van der Waals surface area contributed by atoms with Crippen molar-refractivity contribution in [3.8, 4) is 11.5 Å². The second kappa shape index (κ2) is 11.0. The molecule has 3 aromatic carbocycles. The van der Waals surface area contributed by atoms with Crippen LogP contribution in [0.25, 0.3) is 0 Å². The summed E-state index contributed by atoms with van der Waals surface area (Å²) in [6.45, 7) is 0.152. The van der Waals surface area contributed by atoms with Gasteiger partial charge in [0.05, 0.1) is 27.6 Å². The second-order valence-corrected chi connectivity index (χ2v) is 7.61. The summed E-state index contributed by atoms with van der Waals surface area (Å²) < 4.78 is 11.8. The van der Waals surface area contributed by atoms with Crippen molar-refractivity contribution in [1.82, 2.24) is 5.43 Å². The van der Waals surface area contributed by atoms with E-state index in [4.69, 9.17) is 9.47 Å². The Morgan fingerprint density at radius 2 is 1.76 bits per heavy atom. The maximum atomic E-state index is 12.2. The number of hydrogen-bond donors (Lipinski definition) is 1. The van der Waals surface area contributed by atoms with Crippen molar-refractivity contribution in [3.05, 3.63) is 102 Å². The van der Waals surface area contributed by atoms with Gasteiger partial charge in [-0.05, 0) is 57.4 Å². The third kappa shape index (κ3) is 6.13. The molecule has 0 aliphatic heterocycles. The summed E-state index contributed by atoms with van der Waals surface area (Å²) in [5.41, 5.74) is 3.51. The Labute approximate surface area is 201 Å². The smallest absolute Gasteiger partial charge is 0.271 e. The number of methoxy groups -OCH3 is 1. The van der Waals surface area contributed by atoms with Crippen LogP contribution < -0.4 is 14.9 Å². The quantitative estimate of drug-likeness (QED) is 0.242. The van der Waals surface area contributed by atoms with Gasteiger partial charge in [0.25, 0.3) is 17.3 Å². The first kappa shape index (κ1) is 24.3. The highest BCUT2D eigenvalue weighted by Gasteiger charge is 2.13. The summed E-state index contributed by atoms with van der Waals surface area (Å²) in [6.07, 6.45) is 1.38. The summed E-state index contributed by atoms with van der Waals surface area (Å²) in [5, 5.41) is 25.5. The van der Waals surface area contributed by atoms with E-state index in [0.717, 1.165) is 11.6 Å². The number of non-ortho nitro benzene ring substituents is 2. The molecule has 0 saturated carbocycles. The highest BCUT2D eigenvalue weighted by atomic mass is 79.9. The third-order valence-corrected chi connectivity index (χ3v) is 5.07. The summed E-state index contributed by atoms with van der Waals surface area (Å²) in [4.78, 5) is 32.7. The summed E-state index contributed by atoms with van der Waals surface area (Å²) in [6, 6.07) is 14.6. The van der Waals surface area contributed by atoms with Crippen LogP contribution in [0.15, 0.2) is 70.2 Å². The Hall–Kier alpha value is -4.32.